The van der Waals surface area contributed by atoms with Crippen LogP contribution in [-0.2, 0) is 10.0 Å². The monoisotopic (exact) mass is 285 g/mol. The third kappa shape index (κ3) is 3.02. The average Bonchev–Trinajstić information content (AvgIpc) is 2.47. The van der Waals surface area contributed by atoms with Crippen molar-refractivity contribution in [2.45, 2.75) is 43.0 Å². The zero-order valence-corrected chi connectivity index (χ0v) is 11.7. The van der Waals surface area contributed by atoms with Gasteiger partial charge in [-0.15, -0.1) is 0 Å². The fourth-order valence-electron chi connectivity index (χ4n) is 2.33. The van der Waals surface area contributed by atoms with Gasteiger partial charge in [-0.2, -0.15) is 4.31 Å². The Labute approximate surface area is 113 Å². The molecule has 2 rings (SSSR count). The first kappa shape index (κ1) is 14.2. The maximum atomic E-state index is 12.4. The van der Waals surface area contributed by atoms with Crippen LogP contribution in [0.2, 0.25) is 0 Å². The first-order valence-corrected chi connectivity index (χ1v) is 7.76. The minimum Gasteiger partial charge on any atom is -0.292 e. The van der Waals surface area contributed by atoms with Crippen molar-refractivity contribution in [1.82, 2.24) is 14.3 Å². The molecule has 0 atom stereocenters. The number of hydrazine groups is 1. The molecule has 1 aliphatic rings. The molecule has 106 valence electrons. The van der Waals surface area contributed by atoms with Gasteiger partial charge < -0.3 is 0 Å². The molecule has 1 aliphatic carbocycles. The highest BCUT2D eigenvalue weighted by Crippen LogP contribution is 2.25. The topological polar surface area (TPSA) is 101 Å². The van der Waals surface area contributed by atoms with Crippen LogP contribution < -0.4 is 11.3 Å². The van der Waals surface area contributed by atoms with Crippen LogP contribution in [0, 0.1) is 0 Å². The lowest BCUT2D eigenvalue weighted by atomic mass is 9.96. The van der Waals surface area contributed by atoms with Crippen LogP contribution in [0.15, 0.2) is 17.3 Å². The third-order valence-electron chi connectivity index (χ3n) is 3.52. The summed E-state index contributed by atoms with van der Waals surface area (Å²) in [4.78, 5) is 7.77. The number of nitrogens with one attached hydrogen (secondary N) is 1. The molecule has 19 heavy (non-hydrogen) atoms. The van der Waals surface area contributed by atoms with Crippen LogP contribution >= 0.6 is 0 Å². The Balaban J connectivity index is 2.19. The van der Waals surface area contributed by atoms with E-state index < -0.39 is 10.0 Å². The Hall–Kier alpha value is -1.25. The summed E-state index contributed by atoms with van der Waals surface area (Å²) in [7, 11) is -1.90. The lowest BCUT2D eigenvalue weighted by molar-refractivity contribution is 0.285. The van der Waals surface area contributed by atoms with Crippen LogP contribution in [0.5, 0.6) is 0 Å². The number of nitrogens with zero attached hydrogens (tertiary/aromatic N) is 3. The Kier molecular flexibility index (Phi) is 4.33. The van der Waals surface area contributed by atoms with Gasteiger partial charge in [-0.25, -0.2) is 24.2 Å². The highest BCUT2D eigenvalue weighted by atomic mass is 32.2. The summed E-state index contributed by atoms with van der Waals surface area (Å²) >= 11 is 0. The van der Waals surface area contributed by atoms with Crippen molar-refractivity contribution in [2.24, 2.45) is 5.84 Å². The summed E-state index contributed by atoms with van der Waals surface area (Å²) in [5.74, 6) is 5.34. The molecule has 3 N–H and O–H groups in total. The highest BCUT2D eigenvalue weighted by molar-refractivity contribution is 7.89. The molecule has 0 spiro atoms. The van der Waals surface area contributed by atoms with E-state index >= 15 is 0 Å². The predicted molar refractivity (Wildman–Crippen MR) is 71.7 cm³/mol. The number of hydrogen-bond acceptors (Lipinski definition) is 6. The van der Waals surface area contributed by atoms with Gasteiger partial charge in [0.15, 0.2) is 0 Å². The molecule has 0 saturated heterocycles. The fourth-order valence-corrected chi connectivity index (χ4v) is 3.64. The van der Waals surface area contributed by atoms with Crippen LogP contribution in [0.1, 0.15) is 32.1 Å². The molecule has 1 aromatic heterocycles. The SMILES string of the molecule is CN(C1CCCCC1)S(=O)(=O)c1cnc(NN)nc1. The van der Waals surface area contributed by atoms with E-state index in [1.54, 1.807) is 7.05 Å². The van der Waals surface area contributed by atoms with Gasteiger partial charge in [0.25, 0.3) is 0 Å². The second-order valence-corrected chi connectivity index (χ2v) is 6.70. The minimum atomic E-state index is -3.52. The molecular weight excluding hydrogens is 266 g/mol. The number of sulfonamides is 1. The molecule has 7 nitrogen and oxygen atoms in total. The molecule has 1 heterocycles. The first-order valence-electron chi connectivity index (χ1n) is 6.32. The van der Waals surface area contributed by atoms with Crippen molar-refractivity contribution in [3.63, 3.8) is 0 Å². The molecule has 8 heteroatoms. The molecule has 0 aliphatic heterocycles. The van der Waals surface area contributed by atoms with Gasteiger partial charge >= 0.3 is 0 Å². The van der Waals surface area contributed by atoms with Gasteiger partial charge in [0.1, 0.15) is 4.90 Å². The number of hydrogen-bond donors (Lipinski definition) is 2. The van der Waals surface area contributed by atoms with Gasteiger partial charge in [-0.1, -0.05) is 19.3 Å². The van der Waals surface area contributed by atoms with E-state index in [1.165, 1.54) is 23.1 Å². The van der Waals surface area contributed by atoms with E-state index in [4.69, 9.17) is 5.84 Å². The van der Waals surface area contributed by atoms with E-state index in [2.05, 4.69) is 15.4 Å². The zero-order valence-electron chi connectivity index (χ0n) is 10.9. The summed E-state index contributed by atoms with van der Waals surface area (Å²) in [6, 6.07) is 0.0751. The largest absolute Gasteiger partial charge is 0.292 e. The molecular formula is C11H19N5O2S. The highest BCUT2D eigenvalue weighted by Gasteiger charge is 2.29. The maximum absolute atomic E-state index is 12.4. The normalized spacial score (nSPS) is 17.6. The Morgan fingerprint density at radius 3 is 2.37 bits per heavy atom. The van der Waals surface area contributed by atoms with Crippen LogP contribution in [0.25, 0.3) is 0 Å². The molecule has 0 aromatic carbocycles. The zero-order chi connectivity index (χ0) is 13.9. The van der Waals surface area contributed by atoms with Crippen LogP contribution in [0.4, 0.5) is 5.95 Å². The third-order valence-corrected chi connectivity index (χ3v) is 5.39. The molecule has 0 radical (unpaired) electrons. The standard InChI is InChI=1S/C11H19N5O2S/c1-16(9-5-3-2-4-6-9)19(17,18)10-7-13-11(15-12)14-8-10/h7-9H,2-6,12H2,1H3,(H,13,14,15). The van der Waals surface area contributed by atoms with Crippen molar-refractivity contribution in [3.05, 3.63) is 12.4 Å². The van der Waals surface area contributed by atoms with E-state index in [0.29, 0.717) is 0 Å². The Bertz CT molecular complexity index is 510. The van der Waals surface area contributed by atoms with Gasteiger partial charge in [0, 0.05) is 13.1 Å². The van der Waals surface area contributed by atoms with E-state index in [0.717, 1.165) is 25.7 Å². The molecule has 0 bridgehead atoms. The Morgan fingerprint density at radius 2 is 1.84 bits per heavy atom. The summed E-state index contributed by atoms with van der Waals surface area (Å²) in [6.45, 7) is 0. The summed E-state index contributed by atoms with van der Waals surface area (Å²) in [6.07, 6.45) is 7.73. The molecule has 1 fully saturated rings. The van der Waals surface area contributed by atoms with Crippen molar-refractivity contribution >= 4 is 16.0 Å². The summed E-state index contributed by atoms with van der Waals surface area (Å²) < 4.78 is 26.3. The second-order valence-electron chi connectivity index (χ2n) is 4.70. The van der Waals surface area contributed by atoms with Gasteiger partial charge in [-0.3, -0.25) is 5.43 Å². The smallest absolute Gasteiger partial charge is 0.246 e. The number of nitrogens with two attached hydrogens (primary N) is 1. The van der Waals surface area contributed by atoms with E-state index in [-0.39, 0.29) is 16.9 Å². The number of rotatable bonds is 4. The number of aromatic nitrogens is 2. The molecule has 1 aromatic rings. The van der Waals surface area contributed by atoms with Gasteiger partial charge in [0.2, 0.25) is 16.0 Å². The van der Waals surface area contributed by atoms with Gasteiger partial charge in [-0.05, 0) is 12.8 Å². The van der Waals surface area contributed by atoms with E-state index in [1.807, 2.05) is 0 Å². The summed E-state index contributed by atoms with van der Waals surface area (Å²) in [5.41, 5.74) is 2.27. The average molecular weight is 285 g/mol. The van der Waals surface area contributed by atoms with Crippen LogP contribution in [-0.4, -0.2) is 35.8 Å². The summed E-state index contributed by atoms with van der Waals surface area (Å²) in [5, 5.41) is 0. The Morgan fingerprint density at radius 1 is 1.26 bits per heavy atom. The lowest BCUT2D eigenvalue weighted by Crippen LogP contribution is -2.38. The van der Waals surface area contributed by atoms with Crippen molar-refractivity contribution in [3.8, 4) is 0 Å². The minimum absolute atomic E-state index is 0.0751. The van der Waals surface area contributed by atoms with E-state index in [9.17, 15) is 8.42 Å². The number of nitrogen functional groups attached to an aromatic ring is 1. The van der Waals surface area contributed by atoms with Gasteiger partial charge in [0.05, 0.1) is 12.4 Å². The molecule has 0 unspecified atom stereocenters. The fraction of sp³-hybridized carbons (Fsp3) is 0.636. The molecule has 0 amide bonds. The van der Waals surface area contributed by atoms with Crippen molar-refractivity contribution in [1.29, 1.82) is 0 Å². The van der Waals surface area contributed by atoms with Crippen LogP contribution in [0.3, 0.4) is 0 Å². The first-order chi connectivity index (χ1) is 9.05. The second kappa shape index (κ2) is 5.81. The molecule has 1 saturated carbocycles. The predicted octanol–water partition coefficient (Wildman–Crippen LogP) is 0.715. The quantitative estimate of drug-likeness (QED) is 0.624. The van der Waals surface area contributed by atoms with Crippen molar-refractivity contribution < 1.29 is 8.42 Å². The maximum Gasteiger partial charge on any atom is 0.246 e. The number of anilines is 1. The van der Waals surface area contributed by atoms with Crippen molar-refractivity contribution in [2.75, 3.05) is 12.5 Å². The lowest BCUT2D eigenvalue weighted by Gasteiger charge is -2.30.